The fraction of sp³-hybridized carbons (Fsp3) is 0.583. The molecule has 0 aliphatic carbocycles. The number of aryl methyl sites for hydroxylation is 1. The van der Waals surface area contributed by atoms with Gasteiger partial charge in [-0.2, -0.15) is 0 Å². The minimum Gasteiger partial charge on any atom is -0.379 e. The summed E-state index contributed by atoms with van der Waals surface area (Å²) in [5.74, 6) is 0.595. The molecule has 0 spiro atoms. The van der Waals surface area contributed by atoms with Crippen molar-refractivity contribution in [2.24, 2.45) is 11.1 Å². The van der Waals surface area contributed by atoms with E-state index in [2.05, 4.69) is 15.3 Å². The molecule has 1 saturated heterocycles. The average molecular weight is 250 g/mol. The van der Waals surface area contributed by atoms with E-state index in [9.17, 15) is 4.79 Å². The Morgan fingerprint density at radius 2 is 2.50 bits per heavy atom. The third kappa shape index (κ3) is 2.49. The lowest BCUT2D eigenvalue weighted by atomic mass is 9.85. The predicted molar refractivity (Wildman–Crippen MR) is 65.5 cm³/mol. The zero-order valence-corrected chi connectivity index (χ0v) is 10.6. The van der Waals surface area contributed by atoms with Crippen molar-refractivity contribution >= 4 is 5.91 Å². The third-order valence-electron chi connectivity index (χ3n) is 3.30. The number of hydrogen-bond acceptors (Lipinski definition) is 5. The van der Waals surface area contributed by atoms with Crippen LogP contribution in [-0.4, -0.2) is 35.1 Å². The summed E-state index contributed by atoms with van der Waals surface area (Å²) >= 11 is 0. The van der Waals surface area contributed by atoms with Crippen LogP contribution in [0, 0.1) is 12.3 Å². The topological polar surface area (TPSA) is 90.1 Å². The highest BCUT2D eigenvalue weighted by Crippen LogP contribution is 2.27. The summed E-state index contributed by atoms with van der Waals surface area (Å²) in [4.78, 5) is 20.4. The van der Waals surface area contributed by atoms with Gasteiger partial charge in [0, 0.05) is 12.2 Å². The molecule has 1 amide bonds. The Labute approximate surface area is 106 Å². The molecule has 0 saturated carbocycles. The maximum Gasteiger partial charge on any atom is 0.230 e. The molecule has 0 radical (unpaired) electrons. The summed E-state index contributed by atoms with van der Waals surface area (Å²) in [6.07, 6.45) is 1.68. The van der Waals surface area contributed by atoms with Gasteiger partial charge < -0.3 is 15.8 Å². The van der Waals surface area contributed by atoms with Gasteiger partial charge in [-0.05, 0) is 19.9 Å². The fourth-order valence-corrected chi connectivity index (χ4v) is 1.90. The number of nitrogens with zero attached hydrogens (tertiary/aromatic N) is 2. The Hall–Kier alpha value is -1.53. The second kappa shape index (κ2) is 4.99. The molecule has 2 rings (SSSR count). The van der Waals surface area contributed by atoms with Gasteiger partial charge in [-0.3, -0.25) is 4.79 Å². The quantitative estimate of drug-likeness (QED) is 0.773. The molecule has 0 bridgehead atoms. The van der Waals surface area contributed by atoms with Crippen LogP contribution in [0.2, 0.25) is 0 Å². The Kier molecular flexibility index (Phi) is 3.58. The van der Waals surface area contributed by atoms with E-state index in [0.29, 0.717) is 25.6 Å². The highest BCUT2D eigenvalue weighted by Gasteiger charge is 2.44. The number of rotatable bonds is 3. The zero-order chi connectivity index (χ0) is 13.2. The van der Waals surface area contributed by atoms with Crippen molar-refractivity contribution in [3.8, 4) is 0 Å². The SMILES string of the molecule is Cc1nccc(CNC(=O)C2(C)COCC2N)n1. The van der Waals surface area contributed by atoms with Crippen LogP contribution in [0.5, 0.6) is 0 Å². The predicted octanol–water partition coefficient (Wildman–Crippen LogP) is -0.235. The second-order valence-corrected chi connectivity index (χ2v) is 4.82. The van der Waals surface area contributed by atoms with E-state index in [0.717, 1.165) is 5.69 Å². The van der Waals surface area contributed by atoms with Crippen LogP contribution < -0.4 is 11.1 Å². The van der Waals surface area contributed by atoms with E-state index in [4.69, 9.17) is 10.5 Å². The van der Waals surface area contributed by atoms with Crippen molar-refractivity contribution in [1.82, 2.24) is 15.3 Å². The van der Waals surface area contributed by atoms with Gasteiger partial charge in [0.1, 0.15) is 5.82 Å². The molecule has 2 heterocycles. The van der Waals surface area contributed by atoms with Gasteiger partial charge in [0.2, 0.25) is 5.91 Å². The van der Waals surface area contributed by atoms with Gasteiger partial charge in [-0.15, -0.1) is 0 Å². The van der Waals surface area contributed by atoms with Gasteiger partial charge in [0.05, 0.1) is 30.9 Å². The number of ether oxygens (including phenoxy) is 1. The average Bonchev–Trinajstić information content (AvgIpc) is 2.68. The summed E-state index contributed by atoms with van der Waals surface area (Å²) in [5, 5.41) is 2.85. The minimum absolute atomic E-state index is 0.0937. The van der Waals surface area contributed by atoms with Gasteiger partial charge in [-0.25, -0.2) is 9.97 Å². The molecular weight excluding hydrogens is 232 g/mol. The first kappa shape index (κ1) is 12.9. The Morgan fingerprint density at radius 3 is 3.11 bits per heavy atom. The lowest BCUT2D eigenvalue weighted by molar-refractivity contribution is -0.130. The van der Waals surface area contributed by atoms with Crippen LogP contribution in [0.25, 0.3) is 0 Å². The largest absolute Gasteiger partial charge is 0.379 e. The number of carbonyl (C=O) groups is 1. The van der Waals surface area contributed by atoms with Crippen molar-refractivity contribution in [3.05, 3.63) is 23.8 Å². The highest BCUT2D eigenvalue weighted by molar-refractivity contribution is 5.83. The molecule has 1 aromatic heterocycles. The first-order valence-corrected chi connectivity index (χ1v) is 5.92. The minimum atomic E-state index is -0.651. The Bertz CT molecular complexity index is 451. The normalized spacial score (nSPS) is 27.2. The van der Waals surface area contributed by atoms with Crippen molar-refractivity contribution in [2.45, 2.75) is 26.4 Å². The molecule has 3 N–H and O–H groups in total. The van der Waals surface area contributed by atoms with E-state index in [1.54, 1.807) is 12.3 Å². The van der Waals surface area contributed by atoms with Gasteiger partial charge in [-0.1, -0.05) is 0 Å². The molecule has 6 heteroatoms. The van der Waals surface area contributed by atoms with E-state index >= 15 is 0 Å². The maximum atomic E-state index is 12.1. The number of amides is 1. The summed E-state index contributed by atoms with van der Waals surface area (Å²) in [6, 6.07) is 1.52. The van der Waals surface area contributed by atoms with E-state index in [1.165, 1.54) is 0 Å². The summed E-state index contributed by atoms with van der Waals surface area (Å²) in [7, 11) is 0. The van der Waals surface area contributed by atoms with Crippen LogP contribution in [0.1, 0.15) is 18.4 Å². The molecule has 2 unspecified atom stereocenters. The first-order valence-electron chi connectivity index (χ1n) is 5.92. The maximum absolute atomic E-state index is 12.1. The van der Waals surface area contributed by atoms with E-state index in [1.807, 2.05) is 13.8 Å². The van der Waals surface area contributed by atoms with Crippen LogP contribution in [0.4, 0.5) is 0 Å². The molecule has 1 aromatic rings. The number of carbonyl (C=O) groups excluding carboxylic acids is 1. The van der Waals surface area contributed by atoms with Crippen molar-refractivity contribution < 1.29 is 9.53 Å². The van der Waals surface area contributed by atoms with E-state index in [-0.39, 0.29) is 11.9 Å². The van der Waals surface area contributed by atoms with E-state index < -0.39 is 5.41 Å². The number of hydrogen-bond donors (Lipinski definition) is 2. The third-order valence-corrected chi connectivity index (χ3v) is 3.30. The molecule has 18 heavy (non-hydrogen) atoms. The van der Waals surface area contributed by atoms with Crippen molar-refractivity contribution in [3.63, 3.8) is 0 Å². The van der Waals surface area contributed by atoms with Crippen LogP contribution in [-0.2, 0) is 16.1 Å². The lowest BCUT2D eigenvalue weighted by Crippen LogP contribution is -2.49. The summed E-state index contributed by atoms with van der Waals surface area (Å²) < 4.78 is 5.25. The van der Waals surface area contributed by atoms with Crippen LogP contribution >= 0.6 is 0 Å². The molecule has 1 fully saturated rings. The second-order valence-electron chi connectivity index (χ2n) is 4.82. The smallest absolute Gasteiger partial charge is 0.230 e. The van der Waals surface area contributed by atoms with Gasteiger partial charge in [0.25, 0.3) is 0 Å². The molecule has 98 valence electrons. The number of nitrogens with one attached hydrogen (secondary N) is 1. The molecule has 2 atom stereocenters. The molecule has 6 nitrogen and oxygen atoms in total. The first-order chi connectivity index (χ1) is 8.52. The Balaban J connectivity index is 1.96. The van der Waals surface area contributed by atoms with Crippen LogP contribution in [0.3, 0.4) is 0 Å². The van der Waals surface area contributed by atoms with Gasteiger partial charge >= 0.3 is 0 Å². The monoisotopic (exact) mass is 250 g/mol. The lowest BCUT2D eigenvalue weighted by Gasteiger charge is -2.25. The standard InChI is InChI=1S/C12H18N4O2/c1-8-14-4-3-9(16-8)5-15-11(17)12(2)7-18-6-10(12)13/h3-4,10H,5-7,13H2,1-2H3,(H,15,17). The number of nitrogens with two attached hydrogens (primary N) is 1. The van der Waals surface area contributed by atoms with Gasteiger partial charge in [0.15, 0.2) is 0 Å². The van der Waals surface area contributed by atoms with Crippen molar-refractivity contribution in [2.75, 3.05) is 13.2 Å². The fourth-order valence-electron chi connectivity index (χ4n) is 1.90. The zero-order valence-electron chi connectivity index (χ0n) is 10.6. The Morgan fingerprint density at radius 1 is 1.72 bits per heavy atom. The summed E-state index contributed by atoms with van der Waals surface area (Å²) in [5.41, 5.74) is 6.03. The molecule has 1 aliphatic rings. The highest BCUT2D eigenvalue weighted by atomic mass is 16.5. The van der Waals surface area contributed by atoms with Crippen LogP contribution in [0.15, 0.2) is 12.3 Å². The number of aromatic nitrogens is 2. The molecular formula is C12H18N4O2. The molecule has 0 aromatic carbocycles. The molecule has 1 aliphatic heterocycles. The summed E-state index contributed by atoms with van der Waals surface area (Å²) in [6.45, 7) is 4.81. The van der Waals surface area contributed by atoms with Crippen molar-refractivity contribution in [1.29, 1.82) is 0 Å².